The van der Waals surface area contributed by atoms with Crippen molar-refractivity contribution in [3.63, 3.8) is 0 Å². The van der Waals surface area contributed by atoms with Gasteiger partial charge in [0.15, 0.2) is 11.5 Å². The first-order chi connectivity index (χ1) is 9.52. The Kier molecular flexibility index (Phi) is 2.29. The zero-order valence-electron chi connectivity index (χ0n) is 10.9. The molecule has 5 nitrogen and oxygen atoms in total. The number of hydrogen-bond donors (Lipinski definition) is 4. The van der Waals surface area contributed by atoms with Crippen LogP contribution in [0, 0.1) is 0 Å². The van der Waals surface area contributed by atoms with Crippen molar-refractivity contribution >= 4 is 0 Å². The van der Waals surface area contributed by atoms with Gasteiger partial charge in [0, 0.05) is 19.1 Å². The second kappa shape index (κ2) is 3.75. The third kappa shape index (κ3) is 1.32. The summed E-state index contributed by atoms with van der Waals surface area (Å²) in [6, 6.07) is 3.17. The lowest BCUT2D eigenvalue weighted by Crippen LogP contribution is -2.52. The van der Waals surface area contributed by atoms with Gasteiger partial charge in [-0.15, -0.1) is 0 Å². The molecule has 5 heteroatoms. The third-order valence-corrected chi connectivity index (χ3v) is 5.05. The van der Waals surface area contributed by atoms with E-state index in [2.05, 4.69) is 4.90 Å². The van der Waals surface area contributed by atoms with Crippen molar-refractivity contribution in [2.75, 3.05) is 6.54 Å². The first kappa shape index (κ1) is 12.2. The van der Waals surface area contributed by atoms with Crippen LogP contribution >= 0.6 is 0 Å². The number of aliphatic hydroxyl groups excluding tert-OH is 2. The summed E-state index contributed by atoms with van der Waals surface area (Å²) in [5, 5.41) is 39.9. The van der Waals surface area contributed by atoms with Crippen LogP contribution in [0.5, 0.6) is 11.5 Å². The Morgan fingerprint density at radius 3 is 2.70 bits per heavy atom. The van der Waals surface area contributed by atoms with E-state index in [4.69, 9.17) is 0 Å². The fraction of sp³-hybridized carbons (Fsp3) is 0.467. The number of benzene rings is 1. The highest BCUT2D eigenvalue weighted by Crippen LogP contribution is 2.52. The third-order valence-electron chi connectivity index (χ3n) is 5.05. The van der Waals surface area contributed by atoms with Crippen LogP contribution in [0.3, 0.4) is 0 Å². The van der Waals surface area contributed by atoms with Crippen LogP contribution in [0.1, 0.15) is 17.5 Å². The summed E-state index contributed by atoms with van der Waals surface area (Å²) >= 11 is 0. The lowest BCUT2D eigenvalue weighted by Gasteiger charge is -2.45. The molecule has 4 N–H and O–H groups in total. The quantitative estimate of drug-likeness (QED) is 0.402. The minimum atomic E-state index is -0.585. The molecular formula is C15H17NO4. The van der Waals surface area contributed by atoms with Crippen molar-refractivity contribution < 1.29 is 20.4 Å². The average Bonchev–Trinajstić information content (AvgIpc) is 2.61. The molecule has 1 aliphatic carbocycles. The van der Waals surface area contributed by atoms with E-state index in [-0.39, 0.29) is 17.5 Å². The summed E-state index contributed by atoms with van der Waals surface area (Å²) in [5.41, 5.74) is 1.20. The maximum absolute atomic E-state index is 10.6. The molecule has 2 heterocycles. The normalized spacial score (nSPS) is 41.3. The molecule has 1 unspecified atom stereocenters. The second-order valence-electron chi connectivity index (χ2n) is 6.05. The smallest absolute Gasteiger partial charge is 0.157 e. The zero-order valence-corrected chi connectivity index (χ0v) is 10.9. The topological polar surface area (TPSA) is 84.2 Å². The van der Waals surface area contributed by atoms with E-state index in [1.807, 2.05) is 6.08 Å². The molecule has 1 aromatic rings. The van der Waals surface area contributed by atoms with Gasteiger partial charge in [-0.3, -0.25) is 4.90 Å². The van der Waals surface area contributed by atoms with Crippen LogP contribution in [0.4, 0.5) is 0 Å². The highest BCUT2D eigenvalue weighted by molar-refractivity contribution is 5.55. The van der Waals surface area contributed by atoms with Crippen LogP contribution in [0.25, 0.3) is 0 Å². The van der Waals surface area contributed by atoms with Gasteiger partial charge in [-0.25, -0.2) is 0 Å². The predicted molar refractivity (Wildman–Crippen MR) is 71.4 cm³/mol. The van der Waals surface area contributed by atoms with Gasteiger partial charge in [0.2, 0.25) is 0 Å². The molecule has 3 aliphatic rings. The molecule has 0 amide bonds. The van der Waals surface area contributed by atoms with Gasteiger partial charge in [0.05, 0.1) is 17.6 Å². The van der Waals surface area contributed by atoms with Crippen molar-refractivity contribution in [3.8, 4) is 11.5 Å². The molecule has 2 bridgehead atoms. The number of phenols is 2. The summed E-state index contributed by atoms with van der Waals surface area (Å²) in [7, 11) is 0. The van der Waals surface area contributed by atoms with Crippen LogP contribution < -0.4 is 0 Å². The Bertz CT molecular complexity index is 614. The fourth-order valence-electron chi connectivity index (χ4n) is 4.16. The maximum Gasteiger partial charge on any atom is 0.157 e. The lowest BCUT2D eigenvalue weighted by atomic mass is 9.65. The molecule has 4 rings (SSSR count). The number of nitrogens with zero attached hydrogens (tertiary/aromatic N) is 1. The van der Waals surface area contributed by atoms with Gasteiger partial charge in [-0.2, -0.15) is 0 Å². The molecule has 0 spiro atoms. The van der Waals surface area contributed by atoms with E-state index in [1.165, 1.54) is 0 Å². The van der Waals surface area contributed by atoms with Crippen molar-refractivity contribution in [1.82, 2.24) is 4.90 Å². The zero-order chi connectivity index (χ0) is 14.1. The minimum Gasteiger partial charge on any atom is -0.504 e. The molecule has 0 radical (unpaired) electrons. The number of hydrogen-bond acceptors (Lipinski definition) is 5. The van der Waals surface area contributed by atoms with Crippen molar-refractivity contribution in [1.29, 1.82) is 0 Å². The van der Waals surface area contributed by atoms with E-state index in [1.54, 1.807) is 18.2 Å². The largest absolute Gasteiger partial charge is 0.504 e. The van der Waals surface area contributed by atoms with Gasteiger partial charge in [-0.1, -0.05) is 12.2 Å². The predicted octanol–water partition coefficient (Wildman–Crippen LogP) is 0.215. The monoisotopic (exact) mass is 275 g/mol. The van der Waals surface area contributed by atoms with Gasteiger partial charge in [0.25, 0.3) is 0 Å². The number of aromatic hydroxyl groups is 2. The van der Waals surface area contributed by atoms with Gasteiger partial charge < -0.3 is 20.4 Å². The molecule has 20 heavy (non-hydrogen) atoms. The lowest BCUT2D eigenvalue weighted by molar-refractivity contribution is 0.0935. The maximum atomic E-state index is 10.6. The number of phenolic OH excluding ortho intramolecular Hbond substituents is 2. The molecule has 106 valence electrons. The standard InChI is InChI=1S/C15H17NO4/c17-9-1-2-15-10-5-12(19)11(18)3-8(10)6-16(7-14(15)20)13(15)4-9/h1-3,5,9,13-14,17-20H,4,6-7H2/t9-,13+,14-,15+/m1/s1. The van der Waals surface area contributed by atoms with Gasteiger partial charge in [0.1, 0.15) is 0 Å². The molecule has 1 aromatic carbocycles. The SMILES string of the molecule is Oc1cc2c(cc1O)[C@@]13C=C[C@@H](O)C[C@@H]1N(C2)C[C@H]3O. The molecule has 1 fully saturated rings. The number of rotatable bonds is 0. The van der Waals surface area contributed by atoms with E-state index in [0.29, 0.717) is 19.5 Å². The van der Waals surface area contributed by atoms with Crippen molar-refractivity contribution in [2.45, 2.75) is 36.6 Å². The number of fused-ring (bicyclic) bond motifs is 1. The molecule has 1 saturated heterocycles. The Morgan fingerprint density at radius 1 is 1.15 bits per heavy atom. The minimum absolute atomic E-state index is 0.0361. The second-order valence-corrected chi connectivity index (χ2v) is 6.05. The van der Waals surface area contributed by atoms with Crippen molar-refractivity contribution in [2.24, 2.45) is 0 Å². The first-order valence-electron chi connectivity index (χ1n) is 6.87. The Morgan fingerprint density at radius 2 is 1.90 bits per heavy atom. The van der Waals surface area contributed by atoms with E-state index in [9.17, 15) is 20.4 Å². The summed E-state index contributed by atoms with van der Waals surface area (Å²) in [4.78, 5) is 2.15. The summed E-state index contributed by atoms with van der Waals surface area (Å²) in [6.45, 7) is 1.16. The summed E-state index contributed by atoms with van der Waals surface area (Å²) in [5.74, 6) is -0.294. The Labute approximate surface area is 116 Å². The fourth-order valence-corrected chi connectivity index (χ4v) is 4.16. The molecular weight excluding hydrogens is 258 g/mol. The highest BCUT2D eigenvalue weighted by atomic mass is 16.3. The van der Waals surface area contributed by atoms with E-state index in [0.717, 1.165) is 11.1 Å². The molecule has 0 aromatic heterocycles. The van der Waals surface area contributed by atoms with Crippen LogP contribution in [-0.2, 0) is 12.0 Å². The summed E-state index contributed by atoms with van der Waals surface area (Å²) < 4.78 is 0. The van der Waals surface area contributed by atoms with E-state index >= 15 is 0 Å². The Balaban J connectivity index is 1.98. The highest BCUT2D eigenvalue weighted by Gasteiger charge is 2.58. The number of aliphatic hydroxyl groups is 2. The molecule has 5 atom stereocenters. The van der Waals surface area contributed by atoms with Crippen LogP contribution in [0.15, 0.2) is 24.3 Å². The summed E-state index contributed by atoms with van der Waals surface area (Å²) in [6.07, 6.45) is 3.12. The van der Waals surface area contributed by atoms with Crippen molar-refractivity contribution in [3.05, 3.63) is 35.4 Å². The van der Waals surface area contributed by atoms with Gasteiger partial charge >= 0.3 is 0 Å². The molecule has 0 saturated carbocycles. The van der Waals surface area contributed by atoms with Crippen LogP contribution in [-0.4, -0.2) is 50.1 Å². The van der Waals surface area contributed by atoms with E-state index < -0.39 is 17.6 Å². The Hall–Kier alpha value is -1.56. The first-order valence-corrected chi connectivity index (χ1v) is 6.87. The van der Waals surface area contributed by atoms with Gasteiger partial charge in [-0.05, 0) is 29.7 Å². The average molecular weight is 275 g/mol. The molecule has 2 aliphatic heterocycles. The van der Waals surface area contributed by atoms with Crippen LogP contribution in [0.2, 0.25) is 0 Å².